The van der Waals surface area contributed by atoms with Crippen molar-refractivity contribution in [2.24, 2.45) is 0 Å². The third-order valence-electron chi connectivity index (χ3n) is 6.09. The molecule has 0 bridgehead atoms. The Bertz CT molecular complexity index is 526. The zero-order valence-corrected chi connectivity index (χ0v) is 19.8. The minimum Gasteiger partial charge on any atom is -0.481 e. The predicted octanol–water partition coefficient (Wildman–Crippen LogP) is 3.33. The summed E-state index contributed by atoms with van der Waals surface area (Å²) in [5, 5.41) is 38.9. The summed E-state index contributed by atoms with van der Waals surface area (Å²) in [5.41, 5.74) is 0. The van der Waals surface area contributed by atoms with Gasteiger partial charge in [0.15, 0.2) is 6.29 Å². The number of carbonyl (C=O) groups is 2. The van der Waals surface area contributed by atoms with Gasteiger partial charge < -0.3 is 34.7 Å². The Morgan fingerprint density at radius 3 is 1.81 bits per heavy atom. The molecule has 1 heterocycles. The van der Waals surface area contributed by atoms with E-state index in [1.165, 1.54) is 32.1 Å². The molecule has 5 unspecified atom stereocenters. The van der Waals surface area contributed by atoms with Gasteiger partial charge in [0, 0.05) is 6.42 Å². The fraction of sp³-hybridized carbons (Fsp3) is 0.917. The van der Waals surface area contributed by atoms with Crippen molar-refractivity contribution in [1.29, 1.82) is 0 Å². The normalized spacial score (nSPS) is 26.7. The lowest BCUT2D eigenvalue weighted by Crippen LogP contribution is -2.58. The number of ether oxygens (including phenoxy) is 2. The van der Waals surface area contributed by atoms with Crippen LogP contribution < -0.4 is 0 Å². The minimum atomic E-state index is -1.42. The van der Waals surface area contributed by atoms with Gasteiger partial charge in [-0.2, -0.15) is 0 Å². The van der Waals surface area contributed by atoms with Crippen molar-refractivity contribution in [2.75, 3.05) is 0 Å². The van der Waals surface area contributed by atoms with E-state index in [0.29, 0.717) is 12.8 Å². The highest BCUT2D eigenvalue weighted by molar-refractivity contribution is 5.75. The first-order chi connectivity index (χ1) is 15.2. The van der Waals surface area contributed by atoms with Crippen LogP contribution in [-0.4, -0.2) is 69.0 Å². The number of unbranched alkanes of at least 4 members (excludes halogenated alkanes) is 10. The molecule has 0 aliphatic carbocycles. The third kappa shape index (κ3) is 12.3. The number of aliphatic hydroxyl groups excluding tert-OH is 3. The minimum absolute atomic E-state index is 0.202. The van der Waals surface area contributed by atoms with E-state index >= 15 is 0 Å². The van der Waals surface area contributed by atoms with E-state index in [9.17, 15) is 24.9 Å². The van der Waals surface area contributed by atoms with Gasteiger partial charge >= 0.3 is 5.97 Å². The molecule has 8 nitrogen and oxygen atoms in total. The summed E-state index contributed by atoms with van der Waals surface area (Å²) < 4.78 is 11.1. The van der Waals surface area contributed by atoms with Crippen molar-refractivity contribution in [1.82, 2.24) is 0 Å². The molecule has 0 saturated carbocycles. The van der Waals surface area contributed by atoms with Gasteiger partial charge in [0.2, 0.25) is 0 Å². The second-order valence-electron chi connectivity index (χ2n) is 9.17. The number of Topliss-reactive ketones (excluding diaryl/α,β-unsaturated/α-hetero) is 1. The SMILES string of the molecule is CC(=O)CCCCCCCCCCCCC[C@H](CC(=O)O)OC1OC(C)C(O)C(O)C1O. The first-order valence-electron chi connectivity index (χ1n) is 12.3. The fourth-order valence-electron chi connectivity index (χ4n) is 4.07. The Balaban J connectivity index is 2.15. The number of carboxylic acid groups (broad SMARTS) is 1. The third-order valence-corrected chi connectivity index (χ3v) is 6.09. The number of ketones is 1. The number of carbonyl (C=O) groups excluding carboxylic acids is 1. The van der Waals surface area contributed by atoms with Crippen LogP contribution in [0.25, 0.3) is 0 Å². The monoisotopic (exact) mass is 460 g/mol. The van der Waals surface area contributed by atoms with Crippen LogP contribution in [0.3, 0.4) is 0 Å². The standard InChI is InChI=1S/C24H44O8/c1-17(25)14-12-10-8-6-4-3-5-7-9-11-13-15-19(16-20(26)27)32-24-23(30)22(29)21(28)18(2)31-24/h18-19,21-24,28-30H,3-16H2,1-2H3,(H,26,27)/t18?,19-,21?,22?,23?,24?/m1/s1. The topological polar surface area (TPSA) is 134 Å². The first-order valence-corrected chi connectivity index (χ1v) is 12.3. The van der Waals surface area contributed by atoms with Gasteiger partial charge in [-0.05, 0) is 26.7 Å². The largest absolute Gasteiger partial charge is 0.481 e. The van der Waals surface area contributed by atoms with Gasteiger partial charge in [0.25, 0.3) is 0 Å². The van der Waals surface area contributed by atoms with Crippen LogP contribution in [-0.2, 0) is 19.1 Å². The molecule has 188 valence electrons. The Morgan fingerprint density at radius 2 is 1.31 bits per heavy atom. The van der Waals surface area contributed by atoms with Gasteiger partial charge in [-0.15, -0.1) is 0 Å². The summed E-state index contributed by atoms with van der Waals surface area (Å²) in [5.74, 6) is -0.714. The van der Waals surface area contributed by atoms with Crippen LogP contribution in [0.2, 0.25) is 0 Å². The lowest BCUT2D eigenvalue weighted by molar-refractivity contribution is -0.304. The molecule has 0 spiro atoms. The van der Waals surface area contributed by atoms with Crippen molar-refractivity contribution in [3.8, 4) is 0 Å². The smallest absolute Gasteiger partial charge is 0.305 e. The number of aliphatic carboxylic acids is 1. The Kier molecular flexibility index (Phi) is 15.0. The predicted molar refractivity (Wildman–Crippen MR) is 120 cm³/mol. The highest BCUT2D eigenvalue weighted by Crippen LogP contribution is 2.25. The molecule has 32 heavy (non-hydrogen) atoms. The maximum Gasteiger partial charge on any atom is 0.305 e. The van der Waals surface area contributed by atoms with Crippen molar-refractivity contribution in [3.05, 3.63) is 0 Å². The second-order valence-corrected chi connectivity index (χ2v) is 9.17. The quantitative estimate of drug-likeness (QED) is 0.229. The molecule has 8 heteroatoms. The molecule has 1 rings (SSSR count). The van der Waals surface area contributed by atoms with Gasteiger partial charge in [-0.25, -0.2) is 0 Å². The van der Waals surface area contributed by atoms with E-state index in [1.54, 1.807) is 13.8 Å². The maximum atomic E-state index is 11.2. The van der Waals surface area contributed by atoms with Crippen LogP contribution in [0, 0.1) is 0 Å². The molecular formula is C24H44O8. The van der Waals surface area contributed by atoms with E-state index in [4.69, 9.17) is 14.6 Å². The average Bonchev–Trinajstić information content (AvgIpc) is 2.73. The zero-order chi connectivity index (χ0) is 23.9. The number of hydrogen-bond donors (Lipinski definition) is 4. The second kappa shape index (κ2) is 16.5. The lowest BCUT2D eigenvalue weighted by Gasteiger charge is -2.40. The number of hydrogen-bond acceptors (Lipinski definition) is 7. The van der Waals surface area contributed by atoms with Crippen molar-refractivity contribution >= 4 is 11.8 Å². The van der Waals surface area contributed by atoms with Gasteiger partial charge in [-0.3, -0.25) is 4.79 Å². The molecule has 0 radical (unpaired) electrons. The van der Waals surface area contributed by atoms with E-state index < -0.39 is 42.8 Å². The molecule has 1 aliphatic heterocycles. The number of aliphatic hydroxyl groups is 3. The molecule has 1 fully saturated rings. The molecular weight excluding hydrogens is 416 g/mol. The van der Waals surface area contributed by atoms with E-state index in [-0.39, 0.29) is 12.2 Å². The summed E-state index contributed by atoms with van der Waals surface area (Å²) >= 11 is 0. The fourth-order valence-corrected chi connectivity index (χ4v) is 4.07. The molecule has 0 aromatic carbocycles. The number of carboxylic acids is 1. The highest BCUT2D eigenvalue weighted by Gasteiger charge is 2.43. The summed E-state index contributed by atoms with van der Waals surface area (Å²) in [7, 11) is 0. The maximum absolute atomic E-state index is 11.2. The van der Waals surface area contributed by atoms with Crippen LogP contribution >= 0.6 is 0 Å². The van der Waals surface area contributed by atoms with Crippen LogP contribution in [0.1, 0.15) is 104 Å². The summed E-state index contributed by atoms with van der Waals surface area (Å²) in [4.78, 5) is 22.1. The molecule has 0 amide bonds. The molecule has 6 atom stereocenters. The van der Waals surface area contributed by atoms with Crippen LogP contribution in [0.4, 0.5) is 0 Å². The van der Waals surface area contributed by atoms with Crippen LogP contribution in [0.5, 0.6) is 0 Å². The van der Waals surface area contributed by atoms with Crippen molar-refractivity contribution in [2.45, 2.75) is 141 Å². The first kappa shape index (κ1) is 29.0. The molecule has 1 saturated heterocycles. The molecule has 0 aromatic heterocycles. The lowest BCUT2D eigenvalue weighted by atomic mass is 9.99. The summed E-state index contributed by atoms with van der Waals surface area (Å²) in [6, 6.07) is 0. The van der Waals surface area contributed by atoms with E-state index in [2.05, 4.69) is 0 Å². The average molecular weight is 461 g/mol. The number of rotatable bonds is 18. The zero-order valence-electron chi connectivity index (χ0n) is 19.8. The molecule has 4 N–H and O–H groups in total. The Hall–Kier alpha value is -1.06. The molecule has 0 aromatic rings. The van der Waals surface area contributed by atoms with Crippen molar-refractivity contribution < 1.29 is 39.5 Å². The van der Waals surface area contributed by atoms with Crippen molar-refractivity contribution in [3.63, 3.8) is 0 Å². The Labute approximate surface area is 192 Å². The Morgan fingerprint density at radius 1 is 0.812 bits per heavy atom. The summed E-state index contributed by atoms with van der Waals surface area (Å²) in [6.45, 7) is 3.21. The summed E-state index contributed by atoms with van der Waals surface area (Å²) in [6.07, 6.45) is 6.78. The van der Waals surface area contributed by atoms with Gasteiger partial charge in [0.05, 0.1) is 18.6 Å². The van der Waals surface area contributed by atoms with Gasteiger partial charge in [-0.1, -0.05) is 64.2 Å². The van der Waals surface area contributed by atoms with Gasteiger partial charge in [0.1, 0.15) is 24.1 Å². The highest BCUT2D eigenvalue weighted by atomic mass is 16.7. The van der Waals surface area contributed by atoms with E-state index in [1.807, 2.05) is 0 Å². The molecule has 1 aliphatic rings. The van der Waals surface area contributed by atoms with E-state index in [0.717, 1.165) is 38.5 Å². The van der Waals surface area contributed by atoms with Crippen LogP contribution in [0.15, 0.2) is 0 Å².